The normalized spacial score (nSPS) is 17.5. The first-order valence-electron chi connectivity index (χ1n) is 8.19. The molecule has 1 atom stereocenters. The minimum atomic E-state index is 0.627. The first-order chi connectivity index (χ1) is 9.79. The van der Waals surface area contributed by atoms with Gasteiger partial charge in [-0.1, -0.05) is 44.0 Å². The number of thioether (sulfide) groups is 1. The number of hydrogen-bond donors (Lipinski definition) is 1. The summed E-state index contributed by atoms with van der Waals surface area (Å²) in [6, 6.07) is 9.46. The molecule has 2 rings (SSSR count). The van der Waals surface area contributed by atoms with Gasteiger partial charge in [-0.15, -0.1) is 0 Å². The Kier molecular flexibility index (Phi) is 6.95. The van der Waals surface area contributed by atoms with Gasteiger partial charge < -0.3 is 5.32 Å². The molecule has 0 spiro atoms. The van der Waals surface area contributed by atoms with E-state index in [0.717, 1.165) is 11.8 Å². The van der Waals surface area contributed by atoms with Crippen molar-refractivity contribution in [1.82, 2.24) is 5.32 Å². The zero-order valence-corrected chi connectivity index (χ0v) is 13.8. The van der Waals surface area contributed by atoms with Crippen LogP contribution in [0.5, 0.6) is 0 Å². The van der Waals surface area contributed by atoms with Crippen molar-refractivity contribution in [2.24, 2.45) is 0 Å². The van der Waals surface area contributed by atoms with Gasteiger partial charge in [0.15, 0.2) is 0 Å². The summed E-state index contributed by atoms with van der Waals surface area (Å²) in [7, 11) is 0. The Morgan fingerprint density at radius 3 is 2.70 bits per heavy atom. The lowest BCUT2D eigenvalue weighted by atomic mass is 10.0. The quantitative estimate of drug-likeness (QED) is 0.752. The molecule has 1 aromatic rings. The zero-order chi connectivity index (χ0) is 14.2. The van der Waals surface area contributed by atoms with Crippen molar-refractivity contribution < 1.29 is 0 Å². The second kappa shape index (κ2) is 8.74. The Morgan fingerprint density at radius 1 is 1.25 bits per heavy atom. The fourth-order valence-electron chi connectivity index (χ4n) is 2.95. The van der Waals surface area contributed by atoms with Gasteiger partial charge in [0.1, 0.15) is 0 Å². The lowest BCUT2D eigenvalue weighted by Gasteiger charge is -2.21. The number of rotatable bonds is 8. The molecule has 0 bridgehead atoms. The van der Waals surface area contributed by atoms with E-state index in [1.54, 1.807) is 0 Å². The maximum absolute atomic E-state index is 3.75. The highest BCUT2D eigenvalue weighted by Gasteiger charge is 2.18. The van der Waals surface area contributed by atoms with Crippen molar-refractivity contribution in [3.8, 4) is 0 Å². The average Bonchev–Trinajstić information content (AvgIpc) is 2.97. The number of benzene rings is 1. The molecule has 0 aliphatic heterocycles. The SMILES string of the molecule is CCCNC(CSC1CCCC1)Cc1ccccc1C. The highest BCUT2D eigenvalue weighted by atomic mass is 32.2. The molecule has 1 fully saturated rings. The molecule has 1 saturated carbocycles. The molecule has 112 valence electrons. The van der Waals surface area contributed by atoms with E-state index in [4.69, 9.17) is 0 Å². The van der Waals surface area contributed by atoms with E-state index < -0.39 is 0 Å². The second-order valence-corrected chi connectivity index (χ2v) is 7.35. The van der Waals surface area contributed by atoms with Gasteiger partial charge in [-0.3, -0.25) is 0 Å². The summed E-state index contributed by atoms with van der Waals surface area (Å²) in [6.45, 7) is 5.63. The first-order valence-corrected chi connectivity index (χ1v) is 9.24. The molecular formula is C18H29NS. The predicted octanol–water partition coefficient (Wildman–Crippen LogP) is 4.58. The molecule has 1 unspecified atom stereocenters. The highest BCUT2D eigenvalue weighted by Crippen LogP contribution is 2.30. The van der Waals surface area contributed by atoms with Crippen molar-refractivity contribution in [3.63, 3.8) is 0 Å². The standard InChI is InChI=1S/C18H29NS/c1-3-12-19-17(14-20-18-10-6-7-11-18)13-16-9-5-4-8-15(16)2/h4-5,8-9,17-19H,3,6-7,10-14H2,1-2H3. The summed E-state index contributed by atoms with van der Waals surface area (Å²) in [5.74, 6) is 1.26. The minimum absolute atomic E-state index is 0.627. The van der Waals surface area contributed by atoms with E-state index in [0.29, 0.717) is 6.04 Å². The van der Waals surface area contributed by atoms with Crippen LogP contribution in [0.3, 0.4) is 0 Å². The van der Waals surface area contributed by atoms with Crippen LogP contribution < -0.4 is 5.32 Å². The summed E-state index contributed by atoms with van der Waals surface area (Å²) in [5.41, 5.74) is 2.94. The summed E-state index contributed by atoms with van der Waals surface area (Å²) >= 11 is 2.21. The fraction of sp³-hybridized carbons (Fsp3) is 0.667. The summed E-state index contributed by atoms with van der Waals surface area (Å²) in [4.78, 5) is 0. The summed E-state index contributed by atoms with van der Waals surface area (Å²) < 4.78 is 0. The van der Waals surface area contributed by atoms with Crippen LogP contribution in [0.25, 0.3) is 0 Å². The molecule has 2 heteroatoms. The van der Waals surface area contributed by atoms with Gasteiger partial charge in [0.25, 0.3) is 0 Å². The van der Waals surface area contributed by atoms with E-state index >= 15 is 0 Å². The molecule has 0 radical (unpaired) electrons. The van der Waals surface area contributed by atoms with Crippen molar-refractivity contribution in [2.75, 3.05) is 12.3 Å². The molecule has 1 aliphatic rings. The van der Waals surface area contributed by atoms with Gasteiger partial charge in [-0.2, -0.15) is 11.8 Å². The molecule has 0 amide bonds. The minimum Gasteiger partial charge on any atom is -0.313 e. The van der Waals surface area contributed by atoms with Gasteiger partial charge in [-0.25, -0.2) is 0 Å². The molecule has 0 saturated heterocycles. The van der Waals surface area contributed by atoms with Crippen LogP contribution in [0.2, 0.25) is 0 Å². The molecule has 20 heavy (non-hydrogen) atoms. The fourth-order valence-corrected chi connectivity index (χ4v) is 4.36. The smallest absolute Gasteiger partial charge is 0.0198 e. The Morgan fingerprint density at radius 2 is 2.00 bits per heavy atom. The van der Waals surface area contributed by atoms with Crippen LogP contribution in [0.1, 0.15) is 50.2 Å². The monoisotopic (exact) mass is 291 g/mol. The van der Waals surface area contributed by atoms with Crippen molar-refractivity contribution >= 4 is 11.8 Å². The number of aryl methyl sites for hydroxylation is 1. The zero-order valence-electron chi connectivity index (χ0n) is 13.0. The third-order valence-electron chi connectivity index (χ3n) is 4.25. The number of nitrogens with one attached hydrogen (secondary N) is 1. The maximum atomic E-state index is 3.75. The van der Waals surface area contributed by atoms with Crippen LogP contribution in [0.4, 0.5) is 0 Å². The van der Waals surface area contributed by atoms with Crippen molar-refractivity contribution in [2.45, 2.75) is 63.7 Å². The first kappa shape index (κ1) is 15.9. The second-order valence-electron chi connectivity index (χ2n) is 6.02. The van der Waals surface area contributed by atoms with Crippen molar-refractivity contribution in [3.05, 3.63) is 35.4 Å². The Bertz CT molecular complexity index is 385. The van der Waals surface area contributed by atoms with Gasteiger partial charge in [0.2, 0.25) is 0 Å². The molecule has 1 N–H and O–H groups in total. The molecule has 0 aromatic heterocycles. The van der Waals surface area contributed by atoms with E-state index in [2.05, 4.69) is 55.2 Å². The van der Waals surface area contributed by atoms with Crippen LogP contribution in [0, 0.1) is 6.92 Å². The largest absolute Gasteiger partial charge is 0.313 e. The molecule has 1 nitrogen and oxygen atoms in total. The maximum Gasteiger partial charge on any atom is 0.0198 e. The number of hydrogen-bond acceptors (Lipinski definition) is 2. The van der Waals surface area contributed by atoms with Crippen LogP contribution >= 0.6 is 11.8 Å². The topological polar surface area (TPSA) is 12.0 Å². The van der Waals surface area contributed by atoms with E-state index in [1.807, 2.05) is 0 Å². The Hall–Kier alpha value is -0.470. The van der Waals surface area contributed by atoms with Crippen LogP contribution in [0.15, 0.2) is 24.3 Å². The van der Waals surface area contributed by atoms with Crippen LogP contribution in [-0.2, 0) is 6.42 Å². The molecular weight excluding hydrogens is 262 g/mol. The van der Waals surface area contributed by atoms with Gasteiger partial charge in [0.05, 0.1) is 0 Å². The highest BCUT2D eigenvalue weighted by molar-refractivity contribution is 7.99. The summed E-state index contributed by atoms with van der Waals surface area (Å²) in [5, 5.41) is 4.68. The third kappa shape index (κ3) is 5.14. The van der Waals surface area contributed by atoms with Crippen molar-refractivity contribution in [1.29, 1.82) is 0 Å². The van der Waals surface area contributed by atoms with E-state index in [-0.39, 0.29) is 0 Å². The third-order valence-corrected chi connectivity index (χ3v) is 5.78. The Labute approximate surface area is 128 Å². The lowest BCUT2D eigenvalue weighted by Crippen LogP contribution is -2.34. The van der Waals surface area contributed by atoms with E-state index in [1.165, 1.54) is 55.4 Å². The van der Waals surface area contributed by atoms with Gasteiger partial charge >= 0.3 is 0 Å². The molecule has 1 aliphatic carbocycles. The van der Waals surface area contributed by atoms with E-state index in [9.17, 15) is 0 Å². The lowest BCUT2D eigenvalue weighted by molar-refractivity contribution is 0.548. The summed E-state index contributed by atoms with van der Waals surface area (Å²) in [6.07, 6.45) is 8.17. The molecule has 1 aromatic carbocycles. The van der Waals surface area contributed by atoms with Crippen LogP contribution in [-0.4, -0.2) is 23.6 Å². The van der Waals surface area contributed by atoms with Gasteiger partial charge in [0, 0.05) is 17.0 Å². The molecule has 0 heterocycles. The van der Waals surface area contributed by atoms with Gasteiger partial charge in [-0.05, 0) is 50.3 Å². The predicted molar refractivity (Wildman–Crippen MR) is 91.7 cm³/mol. The average molecular weight is 292 g/mol. The Balaban J connectivity index is 1.87.